The van der Waals surface area contributed by atoms with Crippen LogP contribution in [0.5, 0.6) is 0 Å². The van der Waals surface area contributed by atoms with Crippen molar-refractivity contribution in [1.29, 1.82) is 0 Å². The molecular formula is C21H37FO2. The van der Waals surface area contributed by atoms with E-state index in [9.17, 15) is 4.39 Å². The first-order valence-corrected chi connectivity index (χ1v) is 10.6. The highest BCUT2D eigenvalue weighted by atomic mass is 19.1. The number of hydrogen-bond donors (Lipinski definition) is 0. The number of halogens is 1. The summed E-state index contributed by atoms with van der Waals surface area (Å²) in [7, 11) is 0. The van der Waals surface area contributed by atoms with E-state index in [0.29, 0.717) is 17.8 Å². The molecule has 0 aromatic heterocycles. The van der Waals surface area contributed by atoms with Crippen LogP contribution in [0.2, 0.25) is 0 Å². The Balaban J connectivity index is 1.36. The van der Waals surface area contributed by atoms with Crippen LogP contribution in [0, 0.1) is 29.6 Å². The molecule has 3 aliphatic rings. The fourth-order valence-electron chi connectivity index (χ4n) is 5.34. The Morgan fingerprint density at radius 2 is 1.25 bits per heavy atom. The first-order valence-electron chi connectivity index (χ1n) is 10.6. The third kappa shape index (κ3) is 4.94. The molecule has 1 heterocycles. The van der Waals surface area contributed by atoms with Gasteiger partial charge in [-0.15, -0.1) is 0 Å². The lowest BCUT2D eigenvalue weighted by molar-refractivity contribution is -0.237. The van der Waals surface area contributed by atoms with Crippen molar-refractivity contribution in [3.63, 3.8) is 0 Å². The topological polar surface area (TPSA) is 18.5 Å². The molecule has 0 radical (unpaired) electrons. The zero-order chi connectivity index (χ0) is 16.8. The fourth-order valence-corrected chi connectivity index (χ4v) is 5.34. The molecular weight excluding hydrogens is 303 g/mol. The summed E-state index contributed by atoms with van der Waals surface area (Å²) in [6.07, 6.45) is 13.7. The van der Waals surface area contributed by atoms with Gasteiger partial charge in [0, 0.05) is 11.8 Å². The van der Waals surface area contributed by atoms with Crippen molar-refractivity contribution in [1.82, 2.24) is 0 Å². The molecule has 24 heavy (non-hydrogen) atoms. The van der Waals surface area contributed by atoms with Gasteiger partial charge in [0.1, 0.15) is 0 Å². The van der Waals surface area contributed by atoms with Gasteiger partial charge < -0.3 is 9.47 Å². The second-order valence-corrected chi connectivity index (χ2v) is 8.62. The maximum Gasteiger partial charge on any atom is 0.160 e. The third-order valence-electron chi connectivity index (χ3n) is 7.00. The molecule has 3 heteroatoms. The van der Waals surface area contributed by atoms with Gasteiger partial charge in [0.2, 0.25) is 0 Å². The molecule has 0 aromatic carbocycles. The zero-order valence-electron chi connectivity index (χ0n) is 15.6. The van der Waals surface area contributed by atoms with Crippen LogP contribution < -0.4 is 0 Å². The van der Waals surface area contributed by atoms with Crippen molar-refractivity contribution >= 4 is 0 Å². The summed E-state index contributed by atoms with van der Waals surface area (Å²) in [6.45, 7) is 3.95. The van der Waals surface area contributed by atoms with Gasteiger partial charge in [-0.2, -0.15) is 0 Å². The SMILES string of the molecule is CCCC1CCC(C2COC(C3CCC(CCF)CC3)OC2)CC1. The summed E-state index contributed by atoms with van der Waals surface area (Å²) in [5.74, 6) is 3.55. The zero-order valence-corrected chi connectivity index (χ0v) is 15.6. The second kappa shape index (κ2) is 9.52. The summed E-state index contributed by atoms with van der Waals surface area (Å²) in [5, 5.41) is 0. The predicted molar refractivity (Wildman–Crippen MR) is 95.6 cm³/mol. The maximum absolute atomic E-state index is 12.5. The lowest BCUT2D eigenvalue weighted by Crippen LogP contribution is -2.41. The minimum atomic E-state index is -0.159. The average molecular weight is 341 g/mol. The average Bonchev–Trinajstić information content (AvgIpc) is 2.64. The molecule has 3 rings (SSSR count). The second-order valence-electron chi connectivity index (χ2n) is 8.62. The van der Waals surface area contributed by atoms with Gasteiger partial charge >= 0.3 is 0 Å². The molecule has 0 atom stereocenters. The first-order chi connectivity index (χ1) is 11.8. The smallest absolute Gasteiger partial charge is 0.160 e. The molecule has 0 spiro atoms. The van der Waals surface area contributed by atoms with E-state index in [2.05, 4.69) is 6.92 Å². The Morgan fingerprint density at radius 3 is 1.79 bits per heavy atom. The number of hydrogen-bond acceptors (Lipinski definition) is 2. The Bertz CT molecular complexity index is 304. The summed E-state index contributed by atoms with van der Waals surface area (Å²) in [6, 6.07) is 0. The minimum Gasteiger partial charge on any atom is -0.352 e. The van der Waals surface area contributed by atoms with Gasteiger partial charge in [-0.25, -0.2) is 0 Å². The quantitative estimate of drug-likeness (QED) is 0.613. The normalized spacial score (nSPS) is 41.2. The van der Waals surface area contributed by atoms with Crippen molar-refractivity contribution in [2.75, 3.05) is 19.9 Å². The van der Waals surface area contributed by atoms with E-state index in [4.69, 9.17) is 9.47 Å². The first kappa shape index (κ1) is 18.6. The van der Waals surface area contributed by atoms with Gasteiger partial charge in [-0.05, 0) is 62.7 Å². The van der Waals surface area contributed by atoms with Crippen LogP contribution in [0.25, 0.3) is 0 Å². The number of rotatable bonds is 6. The molecule has 0 amide bonds. The third-order valence-corrected chi connectivity index (χ3v) is 7.00. The summed E-state index contributed by atoms with van der Waals surface area (Å²) >= 11 is 0. The summed E-state index contributed by atoms with van der Waals surface area (Å²) < 4.78 is 24.8. The number of ether oxygens (including phenoxy) is 2. The molecule has 0 unspecified atom stereocenters. The van der Waals surface area contributed by atoms with Crippen molar-refractivity contribution in [2.24, 2.45) is 29.6 Å². The lowest BCUT2D eigenvalue weighted by atomic mass is 9.74. The fraction of sp³-hybridized carbons (Fsp3) is 1.00. The van der Waals surface area contributed by atoms with E-state index < -0.39 is 0 Å². The monoisotopic (exact) mass is 340 g/mol. The maximum atomic E-state index is 12.5. The Kier molecular flexibility index (Phi) is 7.39. The lowest BCUT2D eigenvalue weighted by Gasteiger charge is -2.41. The predicted octanol–water partition coefficient (Wildman–Crippen LogP) is 5.75. The van der Waals surface area contributed by atoms with Crippen LogP contribution in [-0.2, 0) is 9.47 Å². The molecule has 2 nitrogen and oxygen atoms in total. The standard InChI is InChI=1S/C21H37FO2/c1-2-3-16-4-8-18(9-5-16)20-14-23-21(24-15-20)19-10-6-17(7-11-19)12-13-22/h16-21H,2-15H2,1H3. The van der Waals surface area contributed by atoms with E-state index >= 15 is 0 Å². The highest BCUT2D eigenvalue weighted by molar-refractivity contribution is 4.81. The van der Waals surface area contributed by atoms with Crippen LogP contribution >= 0.6 is 0 Å². The van der Waals surface area contributed by atoms with E-state index in [1.165, 1.54) is 38.5 Å². The molecule has 2 aliphatic carbocycles. The van der Waals surface area contributed by atoms with Gasteiger partial charge in [0.05, 0.1) is 19.9 Å². The van der Waals surface area contributed by atoms with Crippen LogP contribution in [0.3, 0.4) is 0 Å². The van der Waals surface area contributed by atoms with E-state index in [0.717, 1.165) is 57.2 Å². The Hall–Kier alpha value is -0.150. The highest BCUT2D eigenvalue weighted by Gasteiger charge is 2.35. The molecule has 2 saturated carbocycles. The van der Waals surface area contributed by atoms with E-state index in [-0.39, 0.29) is 13.0 Å². The summed E-state index contributed by atoms with van der Waals surface area (Å²) in [4.78, 5) is 0. The van der Waals surface area contributed by atoms with Crippen molar-refractivity contribution in [3.8, 4) is 0 Å². The molecule has 0 aromatic rings. The van der Waals surface area contributed by atoms with Crippen LogP contribution in [0.15, 0.2) is 0 Å². The van der Waals surface area contributed by atoms with Crippen LogP contribution in [-0.4, -0.2) is 26.2 Å². The Labute approximate surface area is 147 Å². The van der Waals surface area contributed by atoms with Crippen molar-refractivity contribution < 1.29 is 13.9 Å². The molecule has 140 valence electrons. The van der Waals surface area contributed by atoms with E-state index in [1.54, 1.807) is 0 Å². The molecule has 0 N–H and O–H groups in total. The highest BCUT2D eigenvalue weighted by Crippen LogP contribution is 2.39. The van der Waals surface area contributed by atoms with Gasteiger partial charge in [0.25, 0.3) is 0 Å². The van der Waals surface area contributed by atoms with Gasteiger partial charge in [0.15, 0.2) is 6.29 Å². The molecule has 0 bridgehead atoms. The van der Waals surface area contributed by atoms with Crippen LogP contribution in [0.1, 0.15) is 77.6 Å². The van der Waals surface area contributed by atoms with Crippen molar-refractivity contribution in [3.05, 3.63) is 0 Å². The van der Waals surface area contributed by atoms with Gasteiger partial charge in [-0.3, -0.25) is 4.39 Å². The van der Waals surface area contributed by atoms with Crippen LogP contribution in [0.4, 0.5) is 4.39 Å². The van der Waals surface area contributed by atoms with Gasteiger partial charge in [-0.1, -0.05) is 32.6 Å². The Morgan fingerprint density at radius 1 is 0.708 bits per heavy atom. The van der Waals surface area contributed by atoms with Crippen molar-refractivity contribution in [2.45, 2.75) is 83.8 Å². The van der Waals surface area contributed by atoms with E-state index in [1.807, 2.05) is 0 Å². The molecule has 3 fully saturated rings. The minimum absolute atomic E-state index is 0.0176. The molecule has 1 saturated heterocycles. The number of alkyl halides is 1. The largest absolute Gasteiger partial charge is 0.352 e. The summed E-state index contributed by atoms with van der Waals surface area (Å²) in [5.41, 5.74) is 0. The molecule has 1 aliphatic heterocycles.